The van der Waals surface area contributed by atoms with E-state index in [4.69, 9.17) is 0 Å². The molecule has 0 aliphatic carbocycles. The molecule has 2 aromatic carbocycles. The van der Waals surface area contributed by atoms with Gasteiger partial charge in [-0.05, 0) is 49.6 Å². The third kappa shape index (κ3) is 3.55. The molecule has 2 atom stereocenters. The summed E-state index contributed by atoms with van der Waals surface area (Å²) >= 11 is 1.43. The molecule has 2 N–H and O–H groups in total. The highest BCUT2D eigenvalue weighted by Crippen LogP contribution is 2.37. The number of nitrogens with zero attached hydrogens (tertiary/aromatic N) is 3. The minimum absolute atomic E-state index is 0.0572. The van der Waals surface area contributed by atoms with Gasteiger partial charge in [0.15, 0.2) is 0 Å². The molecule has 7 heteroatoms. The lowest BCUT2D eigenvalue weighted by atomic mass is 10.0. The molecule has 1 aromatic heterocycles. The Balaban J connectivity index is 1.66. The van der Waals surface area contributed by atoms with Crippen LogP contribution in [0.5, 0.6) is 0 Å². The smallest absolute Gasteiger partial charge is 0.240 e. The SMILES string of the molecule is Cc1cc(C)cc(NC(=O)[C@H]2Sc3nnc(C)n3N[C@@H]2c2ccccc2)c1. The van der Waals surface area contributed by atoms with Gasteiger partial charge in [-0.3, -0.25) is 4.79 Å². The van der Waals surface area contributed by atoms with Gasteiger partial charge in [0.2, 0.25) is 11.1 Å². The zero-order chi connectivity index (χ0) is 19.0. The first-order valence-corrected chi connectivity index (χ1v) is 9.68. The molecule has 2 heterocycles. The highest BCUT2D eigenvalue weighted by molar-refractivity contribution is 8.00. The van der Waals surface area contributed by atoms with Crippen LogP contribution in [0.4, 0.5) is 5.69 Å². The van der Waals surface area contributed by atoms with Gasteiger partial charge >= 0.3 is 0 Å². The first-order chi connectivity index (χ1) is 13.0. The summed E-state index contributed by atoms with van der Waals surface area (Å²) in [4.78, 5) is 13.2. The molecular formula is C20H21N5OS. The highest BCUT2D eigenvalue weighted by Gasteiger charge is 2.37. The Morgan fingerprint density at radius 1 is 1.07 bits per heavy atom. The van der Waals surface area contributed by atoms with Gasteiger partial charge in [0.1, 0.15) is 11.1 Å². The van der Waals surface area contributed by atoms with Crippen LogP contribution in [0.25, 0.3) is 0 Å². The number of thioether (sulfide) groups is 1. The lowest BCUT2D eigenvalue weighted by Gasteiger charge is -2.32. The second kappa shape index (κ2) is 7.08. The maximum Gasteiger partial charge on any atom is 0.240 e. The molecule has 0 saturated heterocycles. The molecule has 0 spiro atoms. The van der Waals surface area contributed by atoms with E-state index in [2.05, 4.69) is 27.0 Å². The van der Waals surface area contributed by atoms with Crippen molar-refractivity contribution in [2.24, 2.45) is 0 Å². The normalized spacial score (nSPS) is 18.5. The topological polar surface area (TPSA) is 71.8 Å². The molecule has 0 fully saturated rings. The molecule has 6 nitrogen and oxygen atoms in total. The van der Waals surface area contributed by atoms with Crippen molar-refractivity contribution in [2.45, 2.75) is 37.2 Å². The van der Waals surface area contributed by atoms with E-state index in [-0.39, 0.29) is 17.2 Å². The van der Waals surface area contributed by atoms with Crippen molar-refractivity contribution in [1.82, 2.24) is 14.9 Å². The van der Waals surface area contributed by atoms with Crippen molar-refractivity contribution in [3.05, 3.63) is 71.0 Å². The summed E-state index contributed by atoms with van der Waals surface area (Å²) in [6.45, 7) is 5.94. The molecule has 0 saturated carbocycles. The summed E-state index contributed by atoms with van der Waals surface area (Å²) in [5.41, 5.74) is 7.51. The molecule has 0 unspecified atom stereocenters. The minimum Gasteiger partial charge on any atom is -0.325 e. The lowest BCUT2D eigenvalue weighted by Crippen LogP contribution is -2.41. The second-order valence-electron chi connectivity index (χ2n) is 6.79. The predicted molar refractivity (Wildman–Crippen MR) is 107 cm³/mol. The number of nitrogens with one attached hydrogen (secondary N) is 2. The van der Waals surface area contributed by atoms with E-state index >= 15 is 0 Å². The van der Waals surface area contributed by atoms with Crippen LogP contribution in [0.2, 0.25) is 0 Å². The zero-order valence-corrected chi connectivity index (χ0v) is 16.2. The van der Waals surface area contributed by atoms with Gasteiger partial charge in [-0.15, -0.1) is 10.2 Å². The van der Waals surface area contributed by atoms with E-state index in [9.17, 15) is 4.79 Å². The monoisotopic (exact) mass is 379 g/mol. The summed E-state index contributed by atoms with van der Waals surface area (Å²) in [5, 5.41) is 11.7. The van der Waals surface area contributed by atoms with Gasteiger partial charge in [-0.25, -0.2) is 4.68 Å². The van der Waals surface area contributed by atoms with E-state index in [1.165, 1.54) is 11.8 Å². The van der Waals surface area contributed by atoms with E-state index < -0.39 is 0 Å². The number of carbonyl (C=O) groups excluding carboxylic acids is 1. The van der Waals surface area contributed by atoms with Crippen LogP contribution < -0.4 is 10.7 Å². The first-order valence-electron chi connectivity index (χ1n) is 8.80. The Labute approximate surface area is 162 Å². The van der Waals surface area contributed by atoms with Crippen LogP contribution in [0.15, 0.2) is 53.7 Å². The maximum absolute atomic E-state index is 13.2. The number of benzene rings is 2. The minimum atomic E-state index is -0.371. The van der Waals surface area contributed by atoms with Gasteiger partial charge in [-0.1, -0.05) is 48.2 Å². The Hall–Kier alpha value is -2.80. The fourth-order valence-corrected chi connectivity index (χ4v) is 4.46. The van der Waals surface area contributed by atoms with E-state index in [0.29, 0.717) is 5.16 Å². The molecule has 1 aliphatic rings. The highest BCUT2D eigenvalue weighted by atomic mass is 32.2. The molecule has 0 radical (unpaired) electrons. The van der Waals surface area contributed by atoms with Gasteiger partial charge in [-0.2, -0.15) is 0 Å². The van der Waals surface area contributed by atoms with Crippen molar-refractivity contribution < 1.29 is 4.79 Å². The average Bonchev–Trinajstić information content (AvgIpc) is 3.01. The van der Waals surface area contributed by atoms with Crippen LogP contribution in [0, 0.1) is 20.8 Å². The van der Waals surface area contributed by atoms with Gasteiger partial charge < -0.3 is 10.7 Å². The number of hydrogen-bond donors (Lipinski definition) is 2. The molecular weight excluding hydrogens is 358 g/mol. The van der Waals surface area contributed by atoms with Crippen LogP contribution in [0.3, 0.4) is 0 Å². The Kier molecular flexibility index (Phi) is 4.61. The van der Waals surface area contributed by atoms with Crippen LogP contribution >= 0.6 is 11.8 Å². The van der Waals surface area contributed by atoms with E-state index in [1.54, 1.807) is 0 Å². The Bertz CT molecular complexity index is 965. The summed E-state index contributed by atoms with van der Waals surface area (Å²) in [5.74, 6) is 0.713. The average molecular weight is 379 g/mol. The maximum atomic E-state index is 13.2. The number of carbonyl (C=O) groups is 1. The van der Waals surface area contributed by atoms with Gasteiger partial charge in [0, 0.05) is 5.69 Å². The Morgan fingerprint density at radius 2 is 1.78 bits per heavy atom. The summed E-state index contributed by atoms with van der Waals surface area (Å²) in [7, 11) is 0. The van der Waals surface area contributed by atoms with Crippen LogP contribution in [0.1, 0.15) is 28.6 Å². The summed E-state index contributed by atoms with van der Waals surface area (Å²) in [6.07, 6.45) is 0. The number of anilines is 1. The molecule has 27 heavy (non-hydrogen) atoms. The summed E-state index contributed by atoms with van der Waals surface area (Å²) in [6, 6.07) is 15.9. The fourth-order valence-electron chi connectivity index (χ4n) is 3.33. The number of hydrogen-bond acceptors (Lipinski definition) is 5. The predicted octanol–water partition coefficient (Wildman–Crippen LogP) is 3.60. The summed E-state index contributed by atoms with van der Waals surface area (Å²) < 4.78 is 1.85. The number of fused-ring (bicyclic) bond motifs is 1. The number of aryl methyl sites for hydroxylation is 3. The van der Waals surface area contributed by atoms with Gasteiger partial charge in [0.25, 0.3) is 0 Å². The van der Waals surface area contributed by atoms with Crippen LogP contribution in [-0.2, 0) is 4.79 Å². The van der Waals surface area contributed by atoms with Crippen molar-refractivity contribution in [3.8, 4) is 0 Å². The standard InChI is InChI=1S/C20H21N5OS/c1-12-9-13(2)11-16(10-12)21-19(26)18-17(15-7-5-4-6-8-15)24-25-14(3)22-23-20(25)27-18/h4-11,17-18,24H,1-3H3,(H,21,26)/t17-,18+/m1/s1. The van der Waals surface area contributed by atoms with Crippen molar-refractivity contribution in [2.75, 3.05) is 10.7 Å². The van der Waals surface area contributed by atoms with E-state index in [1.807, 2.05) is 67.9 Å². The third-order valence-corrected chi connectivity index (χ3v) is 5.72. The largest absolute Gasteiger partial charge is 0.325 e. The molecule has 1 amide bonds. The van der Waals surface area contributed by atoms with Gasteiger partial charge in [0.05, 0.1) is 6.04 Å². The first kappa shape index (κ1) is 17.6. The molecule has 3 aromatic rings. The van der Waals surface area contributed by atoms with Crippen molar-refractivity contribution in [1.29, 1.82) is 0 Å². The Morgan fingerprint density at radius 3 is 2.48 bits per heavy atom. The second-order valence-corrected chi connectivity index (χ2v) is 7.90. The molecule has 1 aliphatic heterocycles. The van der Waals surface area contributed by atoms with E-state index in [0.717, 1.165) is 28.2 Å². The van der Waals surface area contributed by atoms with Crippen LogP contribution in [-0.4, -0.2) is 26.0 Å². The number of amides is 1. The lowest BCUT2D eigenvalue weighted by molar-refractivity contribution is -0.116. The van der Waals surface area contributed by atoms with Crippen molar-refractivity contribution >= 4 is 23.4 Å². The number of aromatic nitrogens is 3. The van der Waals surface area contributed by atoms with Crippen molar-refractivity contribution in [3.63, 3.8) is 0 Å². The zero-order valence-electron chi connectivity index (χ0n) is 15.4. The quantitative estimate of drug-likeness (QED) is 0.727. The third-order valence-electron chi connectivity index (χ3n) is 4.50. The molecule has 0 bridgehead atoms. The fraction of sp³-hybridized carbons (Fsp3) is 0.250. The number of rotatable bonds is 3. The molecule has 4 rings (SSSR count). The molecule has 138 valence electrons.